The van der Waals surface area contributed by atoms with Gasteiger partial charge in [0.05, 0.1) is 22.2 Å². The van der Waals surface area contributed by atoms with Gasteiger partial charge in [-0.15, -0.1) is 11.8 Å². The van der Waals surface area contributed by atoms with Crippen LogP contribution < -0.4 is 9.80 Å². The summed E-state index contributed by atoms with van der Waals surface area (Å²) in [5.41, 5.74) is 2.62. The molecule has 3 aliphatic heterocycles. The molecular weight excluding hydrogens is 362 g/mol. The summed E-state index contributed by atoms with van der Waals surface area (Å²) in [5, 5.41) is 1.09. The van der Waals surface area contributed by atoms with Gasteiger partial charge in [-0.3, -0.25) is 9.69 Å². The Bertz CT molecular complexity index is 1030. The summed E-state index contributed by atoms with van der Waals surface area (Å²) in [6.45, 7) is 0. The number of allylic oxidation sites excluding steroid dienone is 2. The largest absolute Gasteiger partial charge is 0.338 e. The molecule has 0 radical (unpaired) electrons. The molecule has 128 valence electrons. The van der Waals surface area contributed by atoms with Crippen LogP contribution in [0.5, 0.6) is 0 Å². The molecule has 0 bridgehead atoms. The number of rotatable bonds is 1. The van der Waals surface area contributed by atoms with Gasteiger partial charge < -0.3 is 4.90 Å². The van der Waals surface area contributed by atoms with E-state index in [1.807, 2.05) is 49.5 Å². The zero-order chi connectivity index (χ0) is 17.7. The van der Waals surface area contributed by atoms with Crippen molar-refractivity contribution in [2.75, 3.05) is 22.6 Å². The van der Waals surface area contributed by atoms with Crippen LogP contribution in [0.4, 0.5) is 11.4 Å². The van der Waals surface area contributed by atoms with Gasteiger partial charge in [-0.1, -0.05) is 36.0 Å². The Balaban J connectivity index is 1.46. The monoisotopic (exact) mass is 377 g/mol. The van der Waals surface area contributed by atoms with E-state index in [0.717, 1.165) is 27.2 Å². The average Bonchev–Trinajstić information content (AvgIpc) is 3.17. The molecule has 0 aromatic heterocycles. The number of hydrogen-bond acceptors (Lipinski definition) is 5. The summed E-state index contributed by atoms with van der Waals surface area (Å²) in [6.07, 6.45) is 3.82. The van der Waals surface area contributed by atoms with Crippen molar-refractivity contribution in [1.82, 2.24) is 0 Å². The van der Waals surface area contributed by atoms with Crippen LogP contribution in [0.3, 0.4) is 0 Å². The molecule has 0 saturated carbocycles. The molecule has 2 aromatic carbocycles. The maximum absolute atomic E-state index is 12.9. The third-order valence-corrected chi connectivity index (χ3v) is 6.79. The summed E-state index contributed by atoms with van der Waals surface area (Å²) < 4.78 is 0. The molecule has 5 rings (SSSR count). The summed E-state index contributed by atoms with van der Waals surface area (Å²) in [5.74, 6) is 1.49. The van der Waals surface area contributed by atoms with E-state index in [9.17, 15) is 4.79 Å². The van der Waals surface area contributed by atoms with Crippen LogP contribution in [-0.2, 0) is 4.79 Å². The molecule has 1 amide bonds. The SMILES string of the molecule is CN1/C(=C/C=C2\N=C3CSc4ccccc4N3C2=O)Sc2ccccc21. The van der Waals surface area contributed by atoms with Crippen LogP contribution in [0.25, 0.3) is 0 Å². The second-order valence-corrected chi connectivity index (χ2v) is 8.19. The normalized spacial score (nSPS) is 21.1. The fraction of sp³-hybridized carbons (Fsp3) is 0.100. The first-order chi connectivity index (χ1) is 12.7. The fourth-order valence-corrected chi connectivity index (χ4v) is 5.26. The quantitative estimate of drug-likeness (QED) is 0.686. The number of carbonyl (C=O) groups is 1. The van der Waals surface area contributed by atoms with Crippen LogP contribution in [0, 0.1) is 0 Å². The third kappa shape index (κ3) is 2.40. The minimum atomic E-state index is -0.0484. The van der Waals surface area contributed by atoms with Gasteiger partial charge in [0.1, 0.15) is 11.5 Å². The van der Waals surface area contributed by atoms with Crippen LogP contribution >= 0.6 is 23.5 Å². The average molecular weight is 377 g/mol. The lowest BCUT2D eigenvalue weighted by molar-refractivity contribution is -0.113. The number of hydrogen-bond donors (Lipinski definition) is 0. The standard InChI is InChI=1S/C20H15N3OS2/c1-22-14-6-2-5-9-17(14)26-19(22)11-10-13-20(24)23-15-7-3-4-8-16(15)25-12-18(23)21-13/h2-11H,12H2,1H3/b13-10-,19-11-. The highest BCUT2D eigenvalue weighted by molar-refractivity contribution is 8.03. The van der Waals surface area contributed by atoms with E-state index in [2.05, 4.69) is 28.1 Å². The highest BCUT2D eigenvalue weighted by Crippen LogP contribution is 2.45. The minimum absolute atomic E-state index is 0.0484. The molecule has 6 heteroatoms. The van der Waals surface area contributed by atoms with Crippen molar-refractivity contribution in [3.05, 3.63) is 71.4 Å². The van der Waals surface area contributed by atoms with Crippen LogP contribution in [0.2, 0.25) is 0 Å². The molecule has 4 nitrogen and oxygen atoms in total. The van der Waals surface area contributed by atoms with Gasteiger partial charge in [0, 0.05) is 16.8 Å². The van der Waals surface area contributed by atoms with E-state index in [0.29, 0.717) is 5.70 Å². The van der Waals surface area contributed by atoms with E-state index in [1.165, 1.54) is 10.6 Å². The van der Waals surface area contributed by atoms with Crippen molar-refractivity contribution in [3.63, 3.8) is 0 Å². The van der Waals surface area contributed by atoms with E-state index in [1.54, 1.807) is 28.4 Å². The van der Waals surface area contributed by atoms with Crippen LogP contribution in [0.15, 0.2) is 86.2 Å². The predicted molar refractivity (Wildman–Crippen MR) is 109 cm³/mol. The summed E-state index contributed by atoms with van der Waals surface area (Å²) in [4.78, 5) is 23.7. The van der Waals surface area contributed by atoms with Crippen molar-refractivity contribution in [2.45, 2.75) is 9.79 Å². The lowest BCUT2D eigenvalue weighted by Gasteiger charge is -2.25. The zero-order valence-electron chi connectivity index (χ0n) is 14.0. The first kappa shape index (κ1) is 15.8. The van der Waals surface area contributed by atoms with Crippen LogP contribution in [0.1, 0.15) is 0 Å². The molecule has 0 fully saturated rings. The number of benzene rings is 2. The van der Waals surface area contributed by atoms with E-state index in [-0.39, 0.29) is 5.91 Å². The predicted octanol–water partition coefficient (Wildman–Crippen LogP) is 4.50. The second-order valence-electron chi connectivity index (χ2n) is 6.11. The van der Waals surface area contributed by atoms with Crippen molar-refractivity contribution >= 4 is 46.6 Å². The summed E-state index contributed by atoms with van der Waals surface area (Å²) >= 11 is 3.43. The molecule has 2 aromatic rings. The van der Waals surface area contributed by atoms with Crippen molar-refractivity contribution in [2.24, 2.45) is 4.99 Å². The Labute approximate surface area is 160 Å². The zero-order valence-corrected chi connectivity index (χ0v) is 15.7. The lowest BCUT2D eigenvalue weighted by Crippen LogP contribution is -2.35. The van der Waals surface area contributed by atoms with E-state index < -0.39 is 0 Å². The number of anilines is 2. The number of aliphatic imine (C=N–C) groups is 1. The van der Waals surface area contributed by atoms with Gasteiger partial charge in [0.15, 0.2) is 0 Å². The lowest BCUT2D eigenvalue weighted by atomic mass is 10.2. The second kappa shape index (κ2) is 6.07. The van der Waals surface area contributed by atoms with Crippen LogP contribution in [-0.4, -0.2) is 24.5 Å². The molecule has 3 aliphatic rings. The molecule has 0 unspecified atom stereocenters. The van der Waals surface area contributed by atoms with E-state index >= 15 is 0 Å². The van der Waals surface area contributed by atoms with Crippen molar-refractivity contribution in [1.29, 1.82) is 0 Å². The number of carbonyl (C=O) groups excluding carboxylic acids is 1. The number of thioether (sulfide) groups is 2. The van der Waals surface area contributed by atoms with Gasteiger partial charge >= 0.3 is 0 Å². The van der Waals surface area contributed by atoms with Gasteiger partial charge in [0.25, 0.3) is 5.91 Å². The number of para-hydroxylation sites is 2. The molecule has 0 N–H and O–H groups in total. The molecule has 3 heterocycles. The third-order valence-electron chi connectivity index (χ3n) is 4.55. The molecule has 0 spiro atoms. The molecule has 0 saturated heterocycles. The number of fused-ring (bicyclic) bond motifs is 4. The Morgan fingerprint density at radius 3 is 2.54 bits per heavy atom. The smallest absolute Gasteiger partial charge is 0.282 e. The molecule has 0 aliphatic carbocycles. The van der Waals surface area contributed by atoms with Crippen molar-refractivity contribution < 1.29 is 4.79 Å². The number of amidine groups is 1. The molecule has 26 heavy (non-hydrogen) atoms. The Hall–Kier alpha value is -2.44. The minimum Gasteiger partial charge on any atom is -0.338 e. The summed E-state index contributed by atoms with van der Waals surface area (Å²) in [7, 11) is 2.04. The van der Waals surface area contributed by atoms with Gasteiger partial charge in [-0.05, 0) is 36.4 Å². The first-order valence-electron chi connectivity index (χ1n) is 8.29. The Kier molecular flexibility index (Phi) is 3.69. The highest BCUT2D eigenvalue weighted by atomic mass is 32.2. The molecular formula is C20H15N3OS2. The number of amides is 1. The Morgan fingerprint density at radius 2 is 1.73 bits per heavy atom. The highest BCUT2D eigenvalue weighted by Gasteiger charge is 2.35. The maximum atomic E-state index is 12.9. The topological polar surface area (TPSA) is 35.9 Å². The number of nitrogens with zero attached hydrogens (tertiary/aromatic N) is 3. The van der Waals surface area contributed by atoms with Gasteiger partial charge in [-0.25, -0.2) is 4.99 Å². The summed E-state index contributed by atoms with van der Waals surface area (Å²) in [6, 6.07) is 16.3. The first-order valence-corrected chi connectivity index (χ1v) is 10.1. The fourth-order valence-electron chi connectivity index (χ4n) is 3.25. The maximum Gasteiger partial charge on any atom is 0.282 e. The Morgan fingerprint density at radius 1 is 1.00 bits per heavy atom. The van der Waals surface area contributed by atoms with Crippen molar-refractivity contribution in [3.8, 4) is 0 Å². The van der Waals surface area contributed by atoms with Gasteiger partial charge in [0.2, 0.25) is 0 Å². The van der Waals surface area contributed by atoms with E-state index in [4.69, 9.17) is 0 Å². The van der Waals surface area contributed by atoms with Gasteiger partial charge in [-0.2, -0.15) is 0 Å². The molecule has 0 atom stereocenters.